The van der Waals surface area contributed by atoms with Gasteiger partial charge in [0.15, 0.2) is 11.5 Å². The van der Waals surface area contributed by atoms with Crippen LogP contribution >= 0.6 is 0 Å². The maximum Gasteiger partial charge on any atom is 0.169 e. The van der Waals surface area contributed by atoms with Gasteiger partial charge in [-0.25, -0.2) is 0 Å². The number of hydrogen-bond donors (Lipinski definition) is 0. The summed E-state index contributed by atoms with van der Waals surface area (Å²) in [6.07, 6.45) is 0. The predicted octanol–water partition coefficient (Wildman–Crippen LogP) is 2.78. The van der Waals surface area contributed by atoms with Gasteiger partial charge in [-0.15, -0.1) is 0 Å². The molecule has 0 saturated heterocycles. The first kappa shape index (κ1) is 13.9. The van der Waals surface area contributed by atoms with Gasteiger partial charge in [0.2, 0.25) is 0 Å². The second kappa shape index (κ2) is 8.27. The molecule has 0 nitrogen and oxygen atoms in total. The number of hydrogen-bond acceptors (Lipinski definition) is 0. The fraction of sp³-hybridized carbons (Fsp3) is 0.429. The van der Waals surface area contributed by atoms with E-state index in [0.29, 0.717) is 10.9 Å². The molecule has 0 rings (SSSR count). The Morgan fingerprint density at radius 2 is 1.40 bits per heavy atom. The molecule has 0 atom stereocenters. The summed E-state index contributed by atoms with van der Waals surface area (Å²) in [5.41, 5.74) is 1.87. The van der Waals surface area contributed by atoms with Crippen LogP contribution in [0.15, 0.2) is 24.3 Å². The highest BCUT2D eigenvalue weighted by Crippen LogP contribution is 1.95. The molecule has 0 aromatic heterocycles. The van der Waals surface area contributed by atoms with Gasteiger partial charge in [-0.2, -0.15) is 0 Å². The summed E-state index contributed by atoms with van der Waals surface area (Å²) in [5.74, 6) is 15.3. The fourth-order valence-corrected chi connectivity index (χ4v) is 1.90. The Hall–Kier alpha value is -1.05. The van der Waals surface area contributed by atoms with Crippen LogP contribution in [0.5, 0.6) is 0 Å². The van der Waals surface area contributed by atoms with Crippen molar-refractivity contribution in [2.75, 3.05) is 17.3 Å². The molecule has 0 aromatic rings. The normalized spacial score (nSPS) is 8.53. The van der Waals surface area contributed by atoms with Crippen molar-refractivity contribution in [2.45, 2.75) is 20.8 Å². The molecule has 0 amide bonds. The molecule has 0 radical (unpaired) electrons. The van der Waals surface area contributed by atoms with E-state index in [1.54, 1.807) is 0 Å². The Balaban J connectivity index is 4.08. The van der Waals surface area contributed by atoms with E-state index in [2.05, 4.69) is 43.8 Å². The summed E-state index contributed by atoms with van der Waals surface area (Å²) in [6, 6.07) is 0. The minimum absolute atomic E-state index is 0.306. The van der Waals surface area contributed by atoms with Crippen LogP contribution < -0.4 is 0 Å². The highest BCUT2D eigenvalue weighted by Gasteiger charge is 2.10. The van der Waals surface area contributed by atoms with Crippen LogP contribution in [0.1, 0.15) is 20.8 Å². The summed E-state index contributed by atoms with van der Waals surface area (Å²) in [4.78, 5) is 0. The third kappa shape index (κ3) is 9.26. The summed E-state index contributed by atoms with van der Waals surface area (Å²) in [5, 5.41) is 0. The third-order valence-electron chi connectivity index (χ3n) is 1.56. The fourth-order valence-electron chi connectivity index (χ4n) is 0.833. The van der Waals surface area contributed by atoms with Gasteiger partial charge in [0.05, 0.1) is 0 Å². The molecule has 0 spiro atoms. The second-order valence-electron chi connectivity index (χ2n) is 3.35. The second-order valence-corrected chi connectivity index (χ2v) is 5.73. The van der Waals surface area contributed by atoms with E-state index in [4.69, 9.17) is 0 Å². The first-order valence-electron chi connectivity index (χ1n) is 4.99. The van der Waals surface area contributed by atoms with Crippen LogP contribution in [-0.2, 0) is 10.9 Å². The molecule has 15 heavy (non-hydrogen) atoms. The van der Waals surface area contributed by atoms with Crippen molar-refractivity contribution in [2.24, 2.45) is 0 Å². The van der Waals surface area contributed by atoms with Gasteiger partial charge >= 0.3 is 0 Å². The molecule has 0 saturated carbocycles. The van der Waals surface area contributed by atoms with Gasteiger partial charge in [0, 0.05) is 10.9 Å². The molecule has 0 N–H and O–H groups in total. The molecule has 0 unspecified atom stereocenters. The molecular formula is C14H19S+. The standard InChI is InChI=1S/C14H19S/c1-6-15(11-7-9-13(2)3)12-8-10-14(4)5/h2,4,6,11-12H2,1,3,5H3/q+1. The number of rotatable bonds is 3. The maximum absolute atomic E-state index is 3.75. The van der Waals surface area contributed by atoms with Crippen LogP contribution in [0.2, 0.25) is 0 Å². The van der Waals surface area contributed by atoms with E-state index in [1.807, 2.05) is 13.8 Å². The zero-order valence-corrected chi connectivity index (χ0v) is 10.8. The largest absolute Gasteiger partial charge is 0.169 e. The van der Waals surface area contributed by atoms with Crippen LogP contribution in [0, 0.1) is 23.7 Å². The van der Waals surface area contributed by atoms with Gasteiger partial charge in [0.25, 0.3) is 0 Å². The Morgan fingerprint density at radius 1 is 1.00 bits per heavy atom. The molecule has 0 aromatic carbocycles. The van der Waals surface area contributed by atoms with Crippen molar-refractivity contribution in [3.63, 3.8) is 0 Å². The average Bonchev–Trinajstić information content (AvgIpc) is 2.14. The monoisotopic (exact) mass is 219 g/mol. The molecule has 0 aliphatic rings. The third-order valence-corrected chi connectivity index (χ3v) is 3.49. The Labute approximate surface area is 97.2 Å². The van der Waals surface area contributed by atoms with Crippen LogP contribution in [0.3, 0.4) is 0 Å². The van der Waals surface area contributed by atoms with Gasteiger partial charge in [-0.3, -0.25) is 0 Å². The topological polar surface area (TPSA) is 0 Å². The summed E-state index contributed by atoms with van der Waals surface area (Å²) >= 11 is 0. The van der Waals surface area contributed by atoms with E-state index >= 15 is 0 Å². The van der Waals surface area contributed by atoms with Crippen molar-refractivity contribution in [3.05, 3.63) is 24.3 Å². The quantitative estimate of drug-likeness (QED) is 0.506. The Bertz CT molecular complexity index is 307. The minimum Gasteiger partial charge on any atom is -0.0877 e. The lowest BCUT2D eigenvalue weighted by Gasteiger charge is -1.96. The van der Waals surface area contributed by atoms with E-state index < -0.39 is 0 Å². The smallest absolute Gasteiger partial charge is 0.0877 e. The van der Waals surface area contributed by atoms with Crippen molar-refractivity contribution in [3.8, 4) is 23.7 Å². The Morgan fingerprint density at radius 3 is 1.67 bits per heavy atom. The van der Waals surface area contributed by atoms with E-state index in [-0.39, 0.29) is 0 Å². The molecule has 0 aliphatic carbocycles. The lowest BCUT2D eigenvalue weighted by Crippen LogP contribution is -2.12. The van der Waals surface area contributed by atoms with Gasteiger partial charge in [0.1, 0.15) is 5.75 Å². The Kier molecular flexibility index (Phi) is 7.69. The summed E-state index contributed by atoms with van der Waals surface area (Å²) < 4.78 is 0. The highest BCUT2D eigenvalue weighted by molar-refractivity contribution is 7.97. The molecular weight excluding hydrogens is 200 g/mol. The van der Waals surface area contributed by atoms with Gasteiger partial charge < -0.3 is 0 Å². The first-order valence-corrected chi connectivity index (χ1v) is 6.72. The molecule has 0 heterocycles. The van der Waals surface area contributed by atoms with Gasteiger partial charge in [-0.1, -0.05) is 25.0 Å². The summed E-state index contributed by atoms with van der Waals surface area (Å²) in [7, 11) is 0.306. The van der Waals surface area contributed by atoms with Crippen LogP contribution in [-0.4, -0.2) is 17.3 Å². The minimum atomic E-state index is 0.306. The predicted molar refractivity (Wildman–Crippen MR) is 72.8 cm³/mol. The van der Waals surface area contributed by atoms with E-state index in [9.17, 15) is 0 Å². The lowest BCUT2D eigenvalue weighted by atomic mass is 10.4. The van der Waals surface area contributed by atoms with Crippen molar-refractivity contribution in [1.82, 2.24) is 0 Å². The van der Waals surface area contributed by atoms with Crippen molar-refractivity contribution in [1.29, 1.82) is 0 Å². The molecule has 0 bridgehead atoms. The van der Waals surface area contributed by atoms with Crippen molar-refractivity contribution >= 4 is 10.9 Å². The summed E-state index contributed by atoms with van der Waals surface area (Å²) in [6.45, 7) is 13.6. The van der Waals surface area contributed by atoms with E-state index in [1.165, 1.54) is 0 Å². The molecule has 80 valence electrons. The lowest BCUT2D eigenvalue weighted by molar-refractivity contribution is 1.48. The number of allylic oxidation sites excluding steroid dienone is 2. The zero-order chi connectivity index (χ0) is 11.7. The van der Waals surface area contributed by atoms with E-state index in [0.717, 1.165) is 28.4 Å². The van der Waals surface area contributed by atoms with Crippen molar-refractivity contribution < 1.29 is 0 Å². The highest BCUT2D eigenvalue weighted by atomic mass is 32.2. The molecule has 0 aliphatic heterocycles. The first-order chi connectivity index (χ1) is 7.06. The van der Waals surface area contributed by atoms with Crippen LogP contribution in [0.4, 0.5) is 0 Å². The molecule has 0 fully saturated rings. The SMILES string of the molecule is C=C(C)C#CC[S+](CC)CC#CC(=C)C. The van der Waals surface area contributed by atoms with Crippen LogP contribution in [0.25, 0.3) is 0 Å². The molecule has 1 heteroatoms. The maximum atomic E-state index is 3.75. The van der Waals surface area contributed by atoms with Gasteiger partial charge in [-0.05, 0) is 43.8 Å². The average molecular weight is 219 g/mol. The zero-order valence-electron chi connectivity index (χ0n) is 9.94.